The fourth-order valence-corrected chi connectivity index (χ4v) is 3.27. The average Bonchev–Trinajstić information content (AvgIpc) is 3.11. The quantitative estimate of drug-likeness (QED) is 0.777. The summed E-state index contributed by atoms with van der Waals surface area (Å²) in [5.41, 5.74) is 3.62. The van der Waals surface area contributed by atoms with Gasteiger partial charge in [0.25, 0.3) is 5.91 Å². The molecule has 0 bridgehead atoms. The van der Waals surface area contributed by atoms with E-state index in [0.29, 0.717) is 6.54 Å². The van der Waals surface area contributed by atoms with Crippen molar-refractivity contribution in [1.82, 2.24) is 9.88 Å². The maximum Gasteiger partial charge on any atom is 0.261 e. The summed E-state index contributed by atoms with van der Waals surface area (Å²) in [5.74, 6) is -0.00547. The van der Waals surface area contributed by atoms with Gasteiger partial charge >= 0.3 is 0 Å². The van der Waals surface area contributed by atoms with Crippen LogP contribution in [0.3, 0.4) is 0 Å². The van der Waals surface area contributed by atoms with Gasteiger partial charge in [0.1, 0.15) is 0 Å². The summed E-state index contributed by atoms with van der Waals surface area (Å²) in [7, 11) is 0. The number of nitrogens with zero attached hydrogens (tertiary/aromatic N) is 1. The molecule has 4 heteroatoms. The molecule has 0 fully saturated rings. The van der Waals surface area contributed by atoms with Crippen molar-refractivity contribution in [3.63, 3.8) is 0 Å². The van der Waals surface area contributed by atoms with Crippen LogP contribution in [0.1, 0.15) is 27.9 Å². The number of aryl methyl sites for hydroxylation is 2. The van der Waals surface area contributed by atoms with E-state index in [-0.39, 0.29) is 5.91 Å². The zero-order chi connectivity index (χ0) is 14.8. The first-order valence-electron chi connectivity index (χ1n) is 7.09. The van der Waals surface area contributed by atoms with Crippen molar-refractivity contribution in [2.24, 2.45) is 0 Å². The Hall–Kier alpha value is -2.07. The molecular formula is C17H18N2OS. The van der Waals surface area contributed by atoms with Crippen LogP contribution in [0.25, 0.3) is 10.9 Å². The molecule has 1 amide bonds. The topological polar surface area (TPSA) is 34.0 Å². The van der Waals surface area contributed by atoms with E-state index in [1.165, 1.54) is 27.8 Å². The Morgan fingerprint density at radius 1 is 1.29 bits per heavy atom. The Labute approximate surface area is 128 Å². The molecule has 0 aliphatic rings. The van der Waals surface area contributed by atoms with E-state index in [2.05, 4.69) is 48.0 Å². The van der Waals surface area contributed by atoms with Gasteiger partial charge in [-0.25, -0.2) is 0 Å². The lowest BCUT2D eigenvalue weighted by atomic mass is 10.2. The van der Waals surface area contributed by atoms with Gasteiger partial charge in [0.2, 0.25) is 0 Å². The first kappa shape index (κ1) is 13.9. The van der Waals surface area contributed by atoms with E-state index in [1.807, 2.05) is 17.5 Å². The van der Waals surface area contributed by atoms with Gasteiger partial charge in [0.05, 0.1) is 11.4 Å². The minimum absolute atomic E-state index is 0.00547. The highest BCUT2D eigenvalue weighted by atomic mass is 32.1. The number of rotatable bonds is 4. The maximum absolute atomic E-state index is 12.0. The molecule has 0 saturated carbocycles. The monoisotopic (exact) mass is 298 g/mol. The largest absolute Gasteiger partial charge is 0.346 e. The smallest absolute Gasteiger partial charge is 0.261 e. The van der Waals surface area contributed by atoms with Gasteiger partial charge in [-0.05, 0) is 43.5 Å². The fraction of sp³-hybridized carbons (Fsp3) is 0.235. The number of carbonyl (C=O) groups excluding carboxylic acids is 1. The Morgan fingerprint density at radius 2 is 2.14 bits per heavy atom. The van der Waals surface area contributed by atoms with Gasteiger partial charge in [-0.15, -0.1) is 11.3 Å². The number of nitrogens with one attached hydrogen (secondary N) is 1. The highest BCUT2D eigenvalue weighted by Gasteiger charge is 2.10. The number of hydrogen-bond donors (Lipinski definition) is 1. The number of aromatic nitrogens is 1. The zero-order valence-electron chi connectivity index (χ0n) is 12.2. The molecule has 3 rings (SSSR count). The van der Waals surface area contributed by atoms with Crippen LogP contribution in [-0.2, 0) is 13.1 Å². The van der Waals surface area contributed by atoms with E-state index >= 15 is 0 Å². The van der Waals surface area contributed by atoms with E-state index < -0.39 is 0 Å². The molecule has 0 aliphatic heterocycles. The number of fused-ring (bicyclic) bond motifs is 1. The summed E-state index contributed by atoms with van der Waals surface area (Å²) in [5, 5.41) is 6.15. The molecule has 0 saturated heterocycles. The molecule has 1 aromatic carbocycles. The lowest BCUT2D eigenvalue weighted by Crippen LogP contribution is -2.23. The SMILES string of the molecule is CCn1c(CNC(=O)c2cccs2)cc2cc(C)ccc21. The first-order valence-corrected chi connectivity index (χ1v) is 7.97. The number of amides is 1. The van der Waals surface area contributed by atoms with Gasteiger partial charge in [-0.3, -0.25) is 4.79 Å². The summed E-state index contributed by atoms with van der Waals surface area (Å²) in [4.78, 5) is 12.8. The number of benzene rings is 1. The standard InChI is InChI=1S/C17H18N2OS/c1-3-19-14(10-13-9-12(2)6-7-15(13)19)11-18-17(20)16-5-4-8-21-16/h4-10H,3,11H2,1-2H3,(H,18,20). The molecular weight excluding hydrogens is 280 g/mol. The number of carbonyl (C=O) groups is 1. The average molecular weight is 298 g/mol. The molecule has 3 nitrogen and oxygen atoms in total. The van der Waals surface area contributed by atoms with Crippen molar-refractivity contribution in [1.29, 1.82) is 0 Å². The minimum Gasteiger partial charge on any atom is -0.346 e. The van der Waals surface area contributed by atoms with Crippen molar-refractivity contribution < 1.29 is 4.79 Å². The third-order valence-corrected chi connectivity index (χ3v) is 4.50. The molecule has 21 heavy (non-hydrogen) atoms. The molecule has 0 radical (unpaired) electrons. The van der Waals surface area contributed by atoms with Gasteiger partial charge in [-0.2, -0.15) is 0 Å². The van der Waals surface area contributed by atoms with Crippen LogP contribution >= 0.6 is 11.3 Å². The Kier molecular flexibility index (Phi) is 3.80. The molecule has 0 atom stereocenters. The number of hydrogen-bond acceptors (Lipinski definition) is 2. The highest BCUT2D eigenvalue weighted by Crippen LogP contribution is 2.21. The normalized spacial score (nSPS) is 11.0. The molecule has 0 aliphatic carbocycles. The van der Waals surface area contributed by atoms with Crippen LogP contribution in [0, 0.1) is 6.92 Å². The summed E-state index contributed by atoms with van der Waals surface area (Å²) in [6, 6.07) is 12.4. The summed E-state index contributed by atoms with van der Waals surface area (Å²) < 4.78 is 2.25. The highest BCUT2D eigenvalue weighted by molar-refractivity contribution is 7.12. The molecule has 108 valence electrons. The predicted molar refractivity (Wildman–Crippen MR) is 87.8 cm³/mol. The molecule has 3 aromatic rings. The minimum atomic E-state index is -0.00547. The Morgan fingerprint density at radius 3 is 2.86 bits per heavy atom. The second kappa shape index (κ2) is 5.74. The summed E-state index contributed by atoms with van der Waals surface area (Å²) >= 11 is 1.46. The Bertz CT molecular complexity index is 772. The van der Waals surface area contributed by atoms with Gasteiger partial charge in [0.15, 0.2) is 0 Å². The maximum atomic E-state index is 12.0. The molecule has 0 spiro atoms. The van der Waals surface area contributed by atoms with Crippen molar-refractivity contribution in [2.75, 3.05) is 0 Å². The number of thiophene rings is 1. The second-order valence-electron chi connectivity index (χ2n) is 5.10. The Balaban J connectivity index is 1.85. The molecule has 2 aromatic heterocycles. The van der Waals surface area contributed by atoms with Crippen LogP contribution in [0.5, 0.6) is 0 Å². The van der Waals surface area contributed by atoms with E-state index in [1.54, 1.807) is 0 Å². The van der Waals surface area contributed by atoms with Crippen LogP contribution < -0.4 is 5.32 Å². The van der Waals surface area contributed by atoms with Crippen LogP contribution in [0.2, 0.25) is 0 Å². The van der Waals surface area contributed by atoms with Crippen molar-refractivity contribution in [3.8, 4) is 0 Å². The van der Waals surface area contributed by atoms with Gasteiger partial charge in [-0.1, -0.05) is 17.7 Å². The van der Waals surface area contributed by atoms with Crippen molar-refractivity contribution in [3.05, 3.63) is 57.9 Å². The summed E-state index contributed by atoms with van der Waals surface area (Å²) in [6.45, 7) is 5.68. The second-order valence-corrected chi connectivity index (χ2v) is 6.05. The van der Waals surface area contributed by atoms with E-state index in [4.69, 9.17) is 0 Å². The molecule has 2 heterocycles. The first-order chi connectivity index (χ1) is 10.2. The van der Waals surface area contributed by atoms with Gasteiger partial charge < -0.3 is 9.88 Å². The fourth-order valence-electron chi connectivity index (χ4n) is 2.63. The van der Waals surface area contributed by atoms with Crippen LogP contribution in [0.15, 0.2) is 41.8 Å². The third kappa shape index (κ3) is 2.72. The van der Waals surface area contributed by atoms with Gasteiger partial charge in [0, 0.05) is 23.1 Å². The third-order valence-electron chi connectivity index (χ3n) is 3.63. The molecule has 1 N–H and O–H groups in total. The van der Waals surface area contributed by atoms with E-state index in [0.717, 1.165) is 17.1 Å². The lowest BCUT2D eigenvalue weighted by Gasteiger charge is -2.09. The predicted octanol–water partition coefficient (Wildman–Crippen LogP) is 3.96. The lowest BCUT2D eigenvalue weighted by molar-refractivity contribution is 0.0954. The van der Waals surface area contributed by atoms with E-state index in [9.17, 15) is 4.79 Å². The molecule has 0 unspecified atom stereocenters. The summed E-state index contributed by atoms with van der Waals surface area (Å²) in [6.07, 6.45) is 0. The van der Waals surface area contributed by atoms with Crippen LogP contribution in [0.4, 0.5) is 0 Å². The zero-order valence-corrected chi connectivity index (χ0v) is 13.0. The van der Waals surface area contributed by atoms with Crippen molar-refractivity contribution in [2.45, 2.75) is 26.9 Å². The van der Waals surface area contributed by atoms with Crippen molar-refractivity contribution >= 4 is 28.1 Å². The van der Waals surface area contributed by atoms with Crippen LogP contribution in [-0.4, -0.2) is 10.5 Å².